The van der Waals surface area contributed by atoms with Gasteiger partial charge in [-0.2, -0.15) is 0 Å². The molecule has 2 aliphatic carbocycles. The maximum Gasteiger partial charge on any atom is 0.0159 e. The third kappa shape index (κ3) is 2.73. The van der Waals surface area contributed by atoms with E-state index >= 15 is 0 Å². The fourth-order valence-corrected chi connectivity index (χ4v) is 8.44. The Hall–Kier alpha value is -3.64. The maximum absolute atomic E-state index is 2.60. The lowest BCUT2D eigenvalue weighted by atomic mass is 9.63. The Morgan fingerprint density at radius 1 is 0.425 bits per heavy atom. The summed E-state index contributed by atoms with van der Waals surface area (Å²) in [7, 11) is 0. The van der Waals surface area contributed by atoms with Crippen LogP contribution in [0.25, 0.3) is 54.6 Å². The van der Waals surface area contributed by atoms with Gasteiger partial charge in [0, 0.05) is 10.8 Å². The average Bonchev–Trinajstić information content (AvgIpc) is 2.93. The van der Waals surface area contributed by atoms with Crippen LogP contribution in [0.5, 0.6) is 0 Å². The normalized spacial score (nSPS) is 16.4. The molecule has 0 spiro atoms. The molecule has 0 saturated heterocycles. The molecule has 40 heavy (non-hydrogen) atoms. The molecule has 0 heteroatoms. The first-order valence-corrected chi connectivity index (χ1v) is 15.1. The summed E-state index contributed by atoms with van der Waals surface area (Å²) < 4.78 is 0. The second-order valence-electron chi connectivity index (χ2n) is 14.1. The van der Waals surface area contributed by atoms with Crippen molar-refractivity contribution in [3.05, 3.63) is 106 Å². The van der Waals surface area contributed by atoms with E-state index < -0.39 is 0 Å². The predicted molar refractivity (Wildman–Crippen MR) is 173 cm³/mol. The van der Waals surface area contributed by atoms with Crippen molar-refractivity contribution in [1.29, 1.82) is 0 Å². The molecule has 0 bridgehead atoms. The lowest BCUT2D eigenvalue weighted by molar-refractivity contribution is 0.644. The van der Waals surface area contributed by atoms with Crippen molar-refractivity contribution in [3.63, 3.8) is 0 Å². The molecule has 198 valence electrons. The highest BCUT2D eigenvalue weighted by Crippen LogP contribution is 2.58. The number of hydrogen-bond acceptors (Lipinski definition) is 0. The first-order chi connectivity index (χ1) is 19.0. The number of fused-ring (bicyclic) bond motifs is 4. The van der Waals surface area contributed by atoms with Gasteiger partial charge in [-0.25, -0.2) is 0 Å². The van der Waals surface area contributed by atoms with E-state index in [2.05, 4.69) is 128 Å². The van der Waals surface area contributed by atoms with Crippen LogP contribution in [0.15, 0.2) is 72.8 Å². The minimum atomic E-state index is -0.0750. The highest BCUT2D eigenvalue weighted by atomic mass is 14.4. The zero-order valence-electron chi connectivity index (χ0n) is 25.1. The smallest absolute Gasteiger partial charge is 0.0159 e. The molecular formula is C40H38. The average molecular weight is 519 g/mol. The van der Waals surface area contributed by atoms with Gasteiger partial charge in [0.1, 0.15) is 0 Å². The van der Waals surface area contributed by atoms with Crippen LogP contribution in [0.2, 0.25) is 0 Å². The van der Waals surface area contributed by atoms with Crippen molar-refractivity contribution in [2.75, 3.05) is 0 Å². The summed E-state index contributed by atoms with van der Waals surface area (Å²) >= 11 is 0. The molecule has 0 atom stereocenters. The Kier molecular flexibility index (Phi) is 4.56. The highest BCUT2D eigenvalue weighted by molar-refractivity contribution is 6.32. The molecule has 0 N–H and O–H groups in total. The van der Waals surface area contributed by atoms with Crippen molar-refractivity contribution in [2.24, 2.45) is 0 Å². The molecule has 6 aromatic rings. The van der Waals surface area contributed by atoms with Gasteiger partial charge >= 0.3 is 0 Å². The first kappa shape index (κ1) is 24.2. The van der Waals surface area contributed by atoms with Gasteiger partial charge < -0.3 is 0 Å². The number of benzene rings is 6. The van der Waals surface area contributed by atoms with Crippen LogP contribution in [0.1, 0.15) is 101 Å². The third-order valence-electron chi connectivity index (χ3n) is 10.5. The van der Waals surface area contributed by atoms with Crippen LogP contribution in [0.3, 0.4) is 0 Å². The molecule has 0 fully saturated rings. The molecule has 0 aliphatic heterocycles. The van der Waals surface area contributed by atoms with E-state index in [0.29, 0.717) is 11.8 Å². The van der Waals surface area contributed by atoms with E-state index in [1.807, 2.05) is 0 Å². The Balaban J connectivity index is 1.73. The zero-order chi connectivity index (χ0) is 27.9. The molecule has 6 aromatic carbocycles. The number of hydrogen-bond donors (Lipinski definition) is 0. The molecular weight excluding hydrogens is 480 g/mol. The van der Waals surface area contributed by atoms with E-state index in [-0.39, 0.29) is 10.8 Å². The summed E-state index contributed by atoms with van der Waals surface area (Å²) in [6.45, 7) is 19.2. The van der Waals surface area contributed by atoms with Crippen LogP contribution < -0.4 is 0 Å². The number of rotatable bonds is 2. The van der Waals surface area contributed by atoms with Gasteiger partial charge in [-0.05, 0) is 124 Å². The fourth-order valence-electron chi connectivity index (χ4n) is 8.44. The minimum Gasteiger partial charge on any atom is -0.0619 e. The molecule has 0 radical (unpaired) electrons. The molecule has 8 rings (SSSR count). The second-order valence-corrected chi connectivity index (χ2v) is 14.1. The van der Waals surface area contributed by atoms with Gasteiger partial charge in [0.15, 0.2) is 0 Å². The monoisotopic (exact) mass is 518 g/mol. The summed E-state index contributed by atoms with van der Waals surface area (Å²) in [5.41, 5.74) is 14.3. The minimum absolute atomic E-state index is 0.0750. The molecule has 0 heterocycles. The lowest BCUT2D eigenvalue weighted by Crippen LogP contribution is -2.26. The van der Waals surface area contributed by atoms with Gasteiger partial charge in [0.2, 0.25) is 0 Å². The zero-order valence-corrected chi connectivity index (χ0v) is 25.1. The fraction of sp³-hybridized carbons (Fsp3) is 0.300. The van der Waals surface area contributed by atoms with Crippen LogP contribution in [0.4, 0.5) is 0 Å². The molecule has 0 saturated carbocycles. The Morgan fingerprint density at radius 3 is 1.18 bits per heavy atom. The molecule has 0 aromatic heterocycles. The first-order valence-electron chi connectivity index (χ1n) is 15.1. The summed E-state index contributed by atoms with van der Waals surface area (Å²) in [5.74, 6) is 0.864. The molecule has 2 aliphatic rings. The van der Waals surface area contributed by atoms with E-state index in [1.165, 1.54) is 88.0 Å². The van der Waals surface area contributed by atoms with Gasteiger partial charge in [0.25, 0.3) is 0 Å². The standard InChI is InChI=1S/C40H38/c1-21(2)25-17-27-23-13-9-11-15-31(23)40(7,8)34-20-30-26(22(3)4)18-28-24-14-10-12-16-32(24)39(5,6)33-19-29(25)37(35(27)34)38(30)36(28)33/h9-22H,1-8H3. The van der Waals surface area contributed by atoms with Crippen molar-refractivity contribution in [2.45, 2.75) is 78.1 Å². The van der Waals surface area contributed by atoms with Crippen molar-refractivity contribution in [1.82, 2.24) is 0 Å². The summed E-state index contributed by atoms with van der Waals surface area (Å²) in [6.07, 6.45) is 0. The highest BCUT2D eigenvalue weighted by Gasteiger charge is 2.39. The van der Waals surface area contributed by atoms with Gasteiger partial charge in [-0.15, -0.1) is 0 Å². The summed E-state index contributed by atoms with van der Waals surface area (Å²) in [5, 5.41) is 8.86. The maximum atomic E-state index is 2.60. The van der Waals surface area contributed by atoms with Crippen LogP contribution in [-0.4, -0.2) is 0 Å². The van der Waals surface area contributed by atoms with Gasteiger partial charge in [-0.1, -0.05) is 104 Å². The largest absolute Gasteiger partial charge is 0.0619 e. The van der Waals surface area contributed by atoms with Gasteiger partial charge in [-0.3, -0.25) is 0 Å². The lowest BCUT2D eigenvalue weighted by Gasteiger charge is -2.40. The van der Waals surface area contributed by atoms with E-state index in [1.54, 1.807) is 0 Å². The Bertz CT molecular complexity index is 1890. The van der Waals surface area contributed by atoms with Crippen LogP contribution in [-0.2, 0) is 10.8 Å². The Labute approximate surface area is 238 Å². The van der Waals surface area contributed by atoms with Gasteiger partial charge in [0.05, 0.1) is 0 Å². The SMILES string of the molecule is CC(C)c1cc2c3c(cc4c(C(C)C)cc5c6c(cc1c3c46)C(C)(C)c1ccccc1-5)C(C)(C)c1ccccc1-2. The molecule has 0 nitrogen and oxygen atoms in total. The second kappa shape index (κ2) is 7.55. The van der Waals surface area contributed by atoms with E-state index in [9.17, 15) is 0 Å². The topological polar surface area (TPSA) is 0 Å². The van der Waals surface area contributed by atoms with E-state index in [4.69, 9.17) is 0 Å². The Morgan fingerprint density at radius 2 is 0.800 bits per heavy atom. The third-order valence-corrected chi connectivity index (χ3v) is 10.5. The van der Waals surface area contributed by atoms with Crippen molar-refractivity contribution in [3.8, 4) is 22.3 Å². The summed E-state index contributed by atoms with van der Waals surface area (Å²) in [4.78, 5) is 0. The van der Waals surface area contributed by atoms with Crippen LogP contribution >= 0.6 is 0 Å². The quantitative estimate of drug-likeness (QED) is 0.200. The van der Waals surface area contributed by atoms with E-state index in [0.717, 1.165) is 0 Å². The molecule has 0 unspecified atom stereocenters. The predicted octanol–water partition coefficient (Wildman–Crippen LogP) is 11.4. The van der Waals surface area contributed by atoms with Crippen LogP contribution in [0, 0.1) is 0 Å². The molecule has 0 amide bonds. The van der Waals surface area contributed by atoms with Crippen molar-refractivity contribution >= 4 is 32.3 Å². The summed E-state index contributed by atoms with van der Waals surface area (Å²) in [6, 6.07) is 28.6. The van der Waals surface area contributed by atoms with Crippen molar-refractivity contribution < 1.29 is 0 Å².